The van der Waals surface area contributed by atoms with E-state index in [1.54, 1.807) is 6.07 Å². The van der Waals surface area contributed by atoms with E-state index >= 15 is 0 Å². The average molecular weight is 271 g/mol. The number of para-hydroxylation sites is 1. The molecule has 1 amide bonds. The second-order valence-electron chi connectivity index (χ2n) is 5.76. The van der Waals surface area contributed by atoms with Gasteiger partial charge in [-0.25, -0.2) is 4.39 Å². The van der Waals surface area contributed by atoms with Crippen LogP contribution >= 0.6 is 0 Å². The fourth-order valence-corrected chi connectivity index (χ4v) is 1.81. The number of nitrogens with one attached hydrogen (secondary N) is 1. The predicted octanol–water partition coefficient (Wildman–Crippen LogP) is 4.48. The molecule has 3 heteroatoms. The van der Waals surface area contributed by atoms with Crippen LogP contribution in [0.5, 0.6) is 0 Å². The van der Waals surface area contributed by atoms with Crippen molar-refractivity contribution in [3.05, 3.63) is 54.3 Å². The number of amides is 1. The van der Waals surface area contributed by atoms with Gasteiger partial charge in [-0.15, -0.1) is 0 Å². The van der Waals surface area contributed by atoms with Crippen LogP contribution in [-0.2, 0) is 4.79 Å². The maximum absolute atomic E-state index is 13.3. The molecule has 0 aromatic heterocycles. The molecule has 104 valence electrons. The Morgan fingerprint density at radius 1 is 1.05 bits per heavy atom. The van der Waals surface area contributed by atoms with Gasteiger partial charge in [-0.1, -0.05) is 51.1 Å². The van der Waals surface area contributed by atoms with Gasteiger partial charge in [0.1, 0.15) is 5.82 Å². The molecular formula is C17H18FNO. The summed E-state index contributed by atoms with van der Waals surface area (Å²) in [6, 6.07) is 13.8. The van der Waals surface area contributed by atoms with E-state index in [4.69, 9.17) is 0 Å². The minimum atomic E-state index is -0.477. The van der Waals surface area contributed by atoms with Crippen molar-refractivity contribution in [2.45, 2.75) is 20.8 Å². The normalized spacial score (nSPS) is 11.2. The van der Waals surface area contributed by atoms with Crippen LogP contribution < -0.4 is 5.32 Å². The molecule has 2 aromatic carbocycles. The van der Waals surface area contributed by atoms with Crippen LogP contribution in [-0.4, -0.2) is 5.91 Å². The van der Waals surface area contributed by atoms with Gasteiger partial charge in [0.05, 0.1) is 0 Å². The van der Waals surface area contributed by atoms with E-state index in [9.17, 15) is 9.18 Å². The van der Waals surface area contributed by atoms with Gasteiger partial charge in [0.2, 0.25) is 5.91 Å². The topological polar surface area (TPSA) is 29.1 Å². The second kappa shape index (κ2) is 5.45. The van der Waals surface area contributed by atoms with Gasteiger partial charge in [0.15, 0.2) is 0 Å². The summed E-state index contributed by atoms with van der Waals surface area (Å²) in [4.78, 5) is 12.1. The Morgan fingerprint density at radius 3 is 2.40 bits per heavy atom. The summed E-state index contributed by atoms with van der Waals surface area (Å²) >= 11 is 0. The quantitative estimate of drug-likeness (QED) is 0.857. The molecule has 0 aliphatic heterocycles. The standard InChI is InChI=1S/C17H18FNO/c1-17(2,3)16(20)19-15-10-5-4-9-14(15)12-7-6-8-13(18)11-12/h4-11H,1-3H3,(H,19,20). The highest BCUT2D eigenvalue weighted by molar-refractivity contribution is 5.98. The fraction of sp³-hybridized carbons (Fsp3) is 0.235. The van der Waals surface area contributed by atoms with Crippen molar-refractivity contribution in [2.75, 3.05) is 5.32 Å². The monoisotopic (exact) mass is 271 g/mol. The third kappa shape index (κ3) is 3.23. The molecule has 0 radical (unpaired) electrons. The molecule has 2 rings (SSSR count). The lowest BCUT2D eigenvalue weighted by Crippen LogP contribution is -2.27. The maximum atomic E-state index is 13.3. The summed E-state index contributed by atoms with van der Waals surface area (Å²) in [5, 5.41) is 2.91. The fourth-order valence-electron chi connectivity index (χ4n) is 1.81. The van der Waals surface area contributed by atoms with E-state index < -0.39 is 5.41 Å². The van der Waals surface area contributed by atoms with Crippen LogP contribution in [0.1, 0.15) is 20.8 Å². The van der Waals surface area contributed by atoms with Crippen LogP contribution in [0.2, 0.25) is 0 Å². The molecule has 0 aliphatic carbocycles. The number of benzene rings is 2. The zero-order valence-electron chi connectivity index (χ0n) is 11.9. The number of hydrogen-bond acceptors (Lipinski definition) is 1. The van der Waals surface area contributed by atoms with Crippen molar-refractivity contribution in [3.63, 3.8) is 0 Å². The lowest BCUT2D eigenvalue weighted by atomic mass is 9.95. The molecule has 0 saturated carbocycles. The number of carbonyl (C=O) groups is 1. The van der Waals surface area contributed by atoms with E-state index in [-0.39, 0.29) is 11.7 Å². The maximum Gasteiger partial charge on any atom is 0.229 e. The SMILES string of the molecule is CC(C)(C)C(=O)Nc1ccccc1-c1cccc(F)c1. The molecule has 0 bridgehead atoms. The highest BCUT2D eigenvalue weighted by Gasteiger charge is 2.22. The van der Waals surface area contributed by atoms with Crippen LogP contribution in [0.4, 0.5) is 10.1 Å². The zero-order valence-corrected chi connectivity index (χ0v) is 11.9. The molecule has 0 fully saturated rings. The van der Waals surface area contributed by atoms with Crippen molar-refractivity contribution >= 4 is 11.6 Å². The molecule has 0 heterocycles. The predicted molar refractivity (Wildman–Crippen MR) is 79.9 cm³/mol. The lowest BCUT2D eigenvalue weighted by molar-refractivity contribution is -0.123. The van der Waals surface area contributed by atoms with Gasteiger partial charge in [0.25, 0.3) is 0 Å². The first kappa shape index (κ1) is 14.3. The molecule has 0 unspecified atom stereocenters. The van der Waals surface area contributed by atoms with Gasteiger partial charge in [-0.05, 0) is 23.8 Å². The Balaban J connectivity index is 2.39. The molecule has 0 aliphatic rings. The number of halogens is 1. The number of hydrogen-bond donors (Lipinski definition) is 1. The highest BCUT2D eigenvalue weighted by Crippen LogP contribution is 2.29. The van der Waals surface area contributed by atoms with Gasteiger partial charge >= 0.3 is 0 Å². The smallest absolute Gasteiger partial charge is 0.229 e. The molecule has 0 saturated heterocycles. The van der Waals surface area contributed by atoms with Crippen LogP contribution in [0.3, 0.4) is 0 Å². The van der Waals surface area contributed by atoms with Gasteiger partial charge in [0, 0.05) is 16.7 Å². The molecule has 1 N–H and O–H groups in total. The Morgan fingerprint density at radius 2 is 1.75 bits per heavy atom. The van der Waals surface area contributed by atoms with Crippen molar-refractivity contribution < 1.29 is 9.18 Å². The van der Waals surface area contributed by atoms with Crippen LogP contribution in [0.15, 0.2) is 48.5 Å². The summed E-state index contributed by atoms with van der Waals surface area (Å²) < 4.78 is 13.3. The van der Waals surface area contributed by atoms with Crippen LogP contribution in [0, 0.1) is 11.2 Å². The number of anilines is 1. The van der Waals surface area contributed by atoms with E-state index in [1.807, 2.05) is 51.1 Å². The zero-order chi connectivity index (χ0) is 14.8. The molecule has 20 heavy (non-hydrogen) atoms. The van der Waals surface area contributed by atoms with Gasteiger partial charge in [-0.3, -0.25) is 4.79 Å². The number of rotatable bonds is 2. The van der Waals surface area contributed by atoms with E-state index in [1.165, 1.54) is 12.1 Å². The first-order valence-electron chi connectivity index (χ1n) is 6.54. The minimum absolute atomic E-state index is 0.0682. The third-order valence-electron chi connectivity index (χ3n) is 2.99. The molecule has 2 nitrogen and oxygen atoms in total. The second-order valence-corrected chi connectivity index (χ2v) is 5.76. The van der Waals surface area contributed by atoms with Crippen molar-refractivity contribution in [2.24, 2.45) is 5.41 Å². The summed E-state index contributed by atoms with van der Waals surface area (Å²) in [6.07, 6.45) is 0. The summed E-state index contributed by atoms with van der Waals surface area (Å²) in [5.41, 5.74) is 1.77. The van der Waals surface area contributed by atoms with Crippen LogP contribution in [0.25, 0.3) is 11.1 Å². The highest BCUT2D eigenvalue weighted by atomic mass is 19.1. The van der Waals surface area contributed by atoms with Gasteiger partial charge < -0.3 is 5.32 Å². The van der Waals surface area contributed by atoms with E-state index in [0.29, 0.717) is 5.69 Å². The molecular weight excluding hydrogens is 253 g/mol. The first-order valence-corrected chi connectivity index (χ1v) is 6.54. The summed E-state index contributed by atoms with van der Waals surface area (Å²) in [5.74, 6) is -0.360. The Hall–Kier alpha value is -2.16. The summed E-state index contributed by atoms with van der Waals surface area (Å²) in [7, 11) is 0. The molecule has 2 aromatic rings. The third-order valence-corrected chi connectivity index (χ3v) is 2.99. The molecule has 0 spiro atoms. The number of carbonyl (C=O) groups excluding carboxylic acids is 1. The van der Waals surface area contributed by atoms with Crippen molar-refractivity contribution in [1.82, 2.24) is 0 Å². The van der Waals surface area contributed by atoms with Crippen molar-refractivity contribution in [3.8, 4) is 11.1 Å². The minimum Gasteiger partial charge on any atom is -0.325 e. The molecule has 0 atom stereocenters. The largest absolute Gasteiger partial charge is 0.325 e. The van der Waals surface area contributed by atoms with Crippen molar-refractivity contribution in [1.29, 1.82) is 0 Å². The van der Waals surface area contributed by atoms with E-state index in [2.05, 4.69) is 5.32 Å². The average Bonchev–Trinajstić information content (AvgIpc) is 2.38. The van der Waals surface area contributed by atoms with E-state index in [0.717, 1.165) is 11.1 Å². The Kier molecular flexibility index (Phi) is 3.89. The summed E-state index contributed by atoms with van der Waals surface area (Å²) in [6.45, 7) is 5.56. The lowest BCUT2D eigenvalue weighted by Gasteiger charge is -2.19. The first-order chi connectivity index (χ1) is 9.38. The Labute approximate surface area is 118 Å². The Bertz CT molecular complexity index is 629. The van der Waals surface area contributed by atoms with Gasteiger partial charge in [-0.2, -0.15) is 0 Å².